The number of rotatable bonds is 3. The van der Waals surface area contributed by atoms with Crippen molar-refractivity contribution in [3.05, 3.63) is 47.3 Å². The minimum Gasteiger partial charge on any atom is -0.364 e. The molecule has 1 heterocycles. The van der Waals surface area contributed by atoms with Crippen molar-refractivity contribution < 1.29 is 14.1 Å². The van der Waals surface area contributed by atoms with Crippen molar-refractivity contribution >= 4 is 17.4 Å². The third-order valence-corrected chi connectivity index (χ3v) is 2.52. The Hall–Kier alpha value is -2.43. The number of nitrogens with zero attached hydrogens (tertiary/aromatic N) is 1. The van der Waals surface area contributed by atoms with Gasteiger partial charge < -0.3 is 9.84 Å². The van der Waals surface area contributed by atoms with Gasteiger partial charge in [-0.15, -0.1) is 0 Å². The number of amides is 1. The first kappa shape index (κ1) is 12.0. The lowest BCUT2D eigenvalue weighted by atomic mass is 10.1. The van der Waals surface area contributed by atoms with Crippen LogP contribution in [0.3, 0.4) is 0 Å². The zero-order valence-corrected chi connectivity index (χ0v) is 10.1. The highest BCUT2D eigenvalue weighted by molar-refractivity contribution is 6.05. The largest absolute Gasteiger partial charge is 0.364 e. The van der Waals surface area contributed by atoms with Crippen LogP contribution in [-0.2, 0) is 0 Å². The van der Waals surface area contributed by atoms with Crippen LogP contribution >= 0.6 is 0 Å². The number of carbonyl (C=O) groups excluding carboxylic acids is 2. The fraction of sp³-hybridized carbons (Fsp3) is 0.154. The second-order valence-corrected chi connectivity index (χ2v) is 3.90. The van der Waals surface area contributed by atoms with Crippen molar-refractivity contribution in [3.8, 4) is 0 Å². The van der Waals surface area contributed by atoms with Crippen LogP contribution in [0.15, 0.2) is 35.1 Å². The molecular formula is C13H12N2O3. The summed E-state index contributed by atoms with van der Waals surface area (Å²) in [4.78, 5) is 23.1. The van der Waals surface area contributed by atoms with Crippen molar-refractivity contribution in [2.24, 2.45) is 0 Å². The van der Waals surface area contributed by atoms with Crippen molar-refractivity contribution in [2.75, 3.05) is 5.32 Å². The summed E-state index contributed by atoms with van der Waals surface area (Å²) in [5.41, 5.74) is 2.02. The van der Waals surface area contributed by atoms with Gasteiger partial charge in [0, 0.05) is 11.3 Å². The molecule has 0 radical (unpaired) electrons. The molecule has 0 fully saturated rings. The number of anilines is 1. The minimum absolute atomic E-state index is 0.0488. The molecule has 2 aromatic rings. The average Bonchev–Trinajstić information content (AvgIpc) is 2.76. The summed E-state index contributed by atoms with van der Waals surface area (Å²) in [6.07, 6.45) is 1.29. The topological polar surface area (TPSA) is 72.2 Å². The maximum atomic E-state index is 11.9. The van der Waals surface area contributed by atoms with Gasteiger partial charge in [0.2, 0.25) is 0 Å². The highest BCUT2D eigenvalue weighted by atomic mass is 16.5. The highest BCUT2D eigenvalue weighted by Crippen LogP contribution is 2.14. The Balaban J connectivity index is 2.20. The quantitative estimate of drug-likeness (QED) is 0.841. The number of nitrogens with one attached hydrogen (secondary N) is 1. The molecule has 2 rings (SSSR count). The average molecular weight is 244 g/mol. The molecule has 0 saturated heterocycles. The Morgan fingerprint density at radius 1 is 1.33 bits per heavy atom. The van der Waals surface area contributed by atoms with E-state index in [0.717, 1.165) is 0 Å². The van der Waals surface area contributed by atoms with Crippen LogP contribution in [0.2, 0.25) is 0 Å². The number of hydrogen-bond acceptors (Lipinski definition) is 4. The monoisotopic (exact) mass is 244 g/mol. The van der Waals surface area contributed by atoms with Gasteiger partial charge in [0.05, 0.1) is 5.69 Å². The minimum atomic E-state index is -0.311. The van der Waals surface area contributed by atoms with E-state index in [0.29, 0.717) is 22.5 Å². The summed E-state index contributed by atoms with van der Waals surface area (Å²) in [6.45, 7) is 3.16. The molecule has 0 saturated carbocycles. The Labute approximate surface area is 104 Å². The maximum Gasteiger partial charge on any atom is 0.260 e. The second kappa shape index (κ2) is 4.83. The molecule has 0 aliphatic rings. The van der Waals surface area contributed by atoms with Crippen LogP contribution in [-0.4, -0.2) is 16.8 Å². The number of Topliss-reactive ketones (excluding diaryl/α,β-unsaturated/α-hetero) is 1. The predicted molar refractivity (Wildman–Crippen MR) is 65.6 cm³/mol. The van der Waals surface area contributed by atoms with Gasteiger partial charge in [-0.1, -0.05) is 17.3 Å². The highest BCUT2D eigenvalue weighted by Gasteiger charge is 2.13. The van der Waals surface area contributed by atoms with E-state index in [-0.39, 0.29) is 11.7 Å². The SMILES string of the molecule is CC(=O)c1cccc(NC(=O)c2conc2C)c1. The Bertz CT molecular complexity index is 602. The van der Waals surface area contributed by atoms with Gasteiger partial charge in [-0.2, -0.15) is 0 Å². The standard InChI is InChI=1S/C13H12N2O3/c1-8-12(7-18-15-8)13(17)14-11-5-3-4-10(6-11)9(2)16/h3-7H,1-2H3,(H,14,17). The maximum absolute atomic E-state index is 11.9. The van der Waals surface area contributed by atoms with E-state index in [9.17, 15) is 9.59 Å². The lowest BCUT2D eigenvalue weighted by molar-refractivity contribution is 0.101. The lowest BCUT2D eigenvalue weighted by Gasteiger charge is -2.05. The molecule has 0 atom stereocenters. The van der Waals surface area contributed by atoms with E-state index >= 15 is 0 Å². The van der Waals surface area contributed by atoms with Crippen molar-refractivity contribution in [1.29, 1.82) is 0 Å². The summed E-state index contributed by atoms with van der Waals surface area (Å²) in [6, 6.07) is 6.76. The zero-order chi connectivity index (χ0) is 13.1. The van der Waals surface area contributed by atoms with E-state index in [1.807, 2.05) is 0 Å². The van der Waals surface area contributed by atoms with Gasteiger partial charge in [-0.05, 0) is 26.0 Å². The molecule has 0 bridgehead atoms. The molecule has 1 amide bonds. The number of ketones is 1. The molecule has 0 spiro atoms. The van der Waals surface area contributed by atoms with Crippen molar-refractivity contribution in [1.82, 2.24) is 5.16 Å². The molecule has 1 N–H and O–H groups in total. The molecule has 18 heavy (non-hydrogen) atoms. The summed E-state index contributed by atoms with van der Waals surface area (Å²) in [7, 11) is 0. The Kier molecular flexibility index (Phi) is 3.23. The molecule has 0 aliphatic carbocycles. The van der Waals surface area contributed by atoms with Gasteiger partial charge in [0.15, 0.2) is 5.78 Å². The van der Waals surface area contributed by atoms with Gasteiger partial charge in [-0.3, -0.25) is 9.59 Å². The number of carbonyl (C=O) groups is 2. The third kappa shape index (κ3) is 2.45. The third-order valence-electron chi connectivity index (χ3n) is 2.52. The number of aryl methyl sites for hydroxylation is 1. The molecule has 5 heteroatoms. The van der Waals surface area contributed by atoms with E-state index in [4.69, 9.17) is 4.52 Å². The van der Waals surface area contributed by atoms with Crippen LogP contribution in [0.4, 0.5) is 5.69 Å². The summed E-state index contributed by atoms with van der Waals surface area (Å²) in [5.74, 6) is -0.360. The molecule has 0 unspecified atom stereocenters. The first-order valence-corrected chi connectivity index (χ1v) is 5.41. The normalized spacial score (nSPS) is 10.1. The molecule has 0 aliphatic heterocycles. The summed E-state index contributed by atoms with van der Waals surface area (Å²) < 4.78 is 4.70. The fourth-order valence-electron chi connectivity index (χ4n) is 1.52. The van der Waals surface area contributed by atoms with Crippen LogP contribution in [0.5, 0.6) is 0 Å². The predicted octanol–water partition coefficient (Wildman–Crippen LogP) is 2.44. The first-order valence-electron chi connectivity index (χ1n) is 5.41. The van der Waals surface area contributed by atoms with Crippen LogP contribution < -0.4 is 5.32 Å². The summed E-state index contributed by atoms with van der Waals surface area (Å²) in [5, 5.41) is 6.32. The molecule has 1 aromatic carbocycles. The Morgan fingerprint density at radius 2 is 2.11 bits per heavy atom. The second-order valence-electron chi connectivity index (χ2n) is 3.90. The molecule has 1 aromatic heterocycles. The van der Waals surface area contributed by atoms with E-state index in [2.05, 4.69) is 10.5 Å². The van der Waals surface area contributed by atoms with E-state index < -0.39 is 0 Å². The van der Waals surface area contributed by atoms with Crippen LogP contribution in [0, 0.1) is 6.92 Å². The van der Waals surface area contributed by atoms with Gasteiger partial charge in [-0.25, -0.2) is 0 Å². The molecular weight excluding hydrogens is 232 g/mol. The lowest BCUT2D eigenvalue weighted by Crippen LogP contribution is -2.12. The number of hydrogen-bond donors (Lipinski definition) is 1. The number of benzene rings is 1. The molecule has 5 nitrogen and oxygen atoms in total. The smallest absolute Gasteiger partial charge is 0.260 e. The summed E-state index contributed by atoms with van der Waals surface area (Å²) >= 11 is 0. The molecule has 92 valence electrons. The van der Waals surface area contributed by atoms with E-state index in [1.165, 1.54) is 13.2 Å². The van der Waals surface area contributed by atoms with Crippen molar-refractivity contribution in [2.45, 2.75) is 13.8 Å². The van der Waals surface area contributed by atoms with Crippen LogP contribution in [0.25, 0.3) is 0 Å². The number of aromatic nitrogens is 1. The van der Waals surface area contributed by atoms with Crippen molar-refractivity contribution in [3.63, 3.8) is 0 Å². The van der Waals surface area contributed by atoms with Gasteiger partial charge in [0.1, 0.15) is 11.8 Å². The van der Waals surface area contributed by atoms with Gasteiger partial charge in [0.25, 0.3) is 5.91 Å². The zero-order valence-electron chi connectivity index (χ0n) is 10.1. The fourth-order valence-corrected chi connectivity index (χ4v) is 1.52. The van der Waals surface area contributed by atoms with Crippen LogP contribution in [0.1, 0.15) is 33.3 Å². The van der Waals surface area contributed by atoms with Gasteiger partial charge >= 0.3 is 0 Å². The first-order chi connectivity index (χ1) is 8.58. The Morgan fingerprint density at radius 3 is 2.72 bits per heavy atom. The van der Waals surface area contributed by atoms with E-state index in [1.54, 1.807) is 31.2 Å².